The molecule has 66 valence electrons. The molecule has 1 aliphatic rings. The first kappa shape index (κ1) is 8.97. The molecule has 1 atom stereocenters. The first-order chi connectivity index (χ1) is 5.24. The second-order valence-electron chi connectivity index (χ2n) is 3.07. The summed E-state index contributed by atoms with van der Waals surface area (Å²) in [7, 11) is 0. The van der Waals surface area contributed by atoms with Crippen LogP contribution in [0, 0.1) is 5.92 Å². The van der Waals surface area contributed by atoms with E-state index in [9.17, 15) is 0 Å². The second kappa shape index (κ2) is 4.04. The van der Waals surface area contributed by atoms with Crippen LogP contribution in [0.15, 0.2) is 0 Å². The highest BCUT2D eigenvalue weighted by Gasteiger charge is 2.23. The van der Waals surface area contributed by atoms with Gasteiger partial charge in [0.1, 0.15) is 6.10 Å². The molecule has 1 N–H and O–H groups in total. The van der Waals surface area contributed by atoms with Crippen molar-refractivity contribution in [2.75, 3.05) is 13.2 Å². The molecule has 0 aromatic rings. The summed E-state index contributed by atoms with van der Waals surface area (Å²) in [6, 6.07) is 0. The molecule has 3 nitrogen and oxygen atoms in total. The van der Waals surface area contributed by atoms with E-state index >= 15 is 0 Å². The van der Waals surface area contributed by atoms with Crippen molar-refractivity contribution in [1.82, 2.24) is 0 Å². The molecule has 0 aliphatic carbocycles. The number of aliphatic hydroxyl groups is 1. The summed E-state index contributed by atoms with van der Waals surface area (Å²) in [5.41, 5.74) is 0. The van der Waals surface area contributed by atoms with Gasteiger partial charge in [-0.15, -0.1) is 0 Å². The molecule has 0 aromatic heterocycles. The van der Waals surface area contributed by atoms with Gasteiger partial charge >= 0.3 is 0 Å². The second-order valence-corrected chi connectivity index (χ2v) is 3.07. The SMILES string of the molecule is CCC(C)C1OCC(O)CO1. The summed E-state index contributed by atoms with van der Waals surface area (Å²) in [5.74, 6) is 0.419. The summed E-state index contributed by atoms with van der Waals surface area (Å²) >= 11 is 0. The molecule has 11 heavy (non-hydrogen) atoms. The van der Waals surface area contributed by atoms with Crippen LogP contribution in [0.1, 0.15) is 20.3 Å². The standard InChI is InChI=1S/C8H16O3/c1-3-6(2)8-10-4-7(9)5-11-8/h6-9H,3-5H2,1-2H3. The molecular weight excluding hydrogens is 144 g/mol. The van der Waals surface area contributed by atoms with E-state index in [-0.39, 0.29) is 6.29 Å². The molecule has 0 spiro atoms. The predicted molar refractivity (Wildman–Crippen MR) is 41.2 cm³/mol. The molecule has 0 radical (unpaired) electrons. The Morgan fingerprint density at radius 1 is 1.45 bits per heavy atom. The lowest BCUT2D eigenvalue weighted by Crippen LogP contribution is -2.38. The lowest BCUT2D eigenvalue weighted by Gasteiger charge is -2.30. The van der Waals surface area contributed by atoms with Gasteiger partial charge in [0.15, 0.2) is 6.29 Å². The first-order valence-corrected chi connectivity index (χ1v) is 4.15. The van der Waals surface area contributed by atoms with Crippen molar-refractivity contribution < 1.29 is 14.6 Å². The lowest BCUT2D eigenvalue weighted by atomic mass is 10.1. The van der Waals surface area contributed by atoms with Crippen LogP contribution < -0.4 is 0 Å². The van der Waals surface area contributed by atoms with Gasteiger partial charge in [-0.1, -0.05) is 13.8 Å². The lowest BCUT2D eigenvalue weighted by molar-refractivity contribution is -0.235. The van der Waals surface area contributed by atoms with Crippen molar-refractivity contribution in [3.8, 4) is 0 Å². The third kappa shape index (κ3) is 2.43. The molecule has 1 heterocycles. The average molecular weight is 160 g/mol. The van der Waals surface area contributed by atoms with Gasteiger partial charge in [0.2, 0.25) is 0 Å². The molecule has 0 bridgehead atoms. The van der Waals surface area contributed by atoms with E-state index in [0.29, 0.717) is 19.1 Å². The number of hydrogen-bond acceptors (Lipinski definition) is 3. The van der Waals surface area contributed by atoms with Gasteiger partial charge in [-0.2, -0.15) is 0 Å². The van der Waals surface area contributed by atoms with Crippen molar-refractivity contribution in [2.24, 2.45) is 5.92 Å². The van der Waals surface area contributed by atoms with E-state index in [4.69, 9.17) is 14.6 Å². The summed E-state index contributed by atoms with van der Waals surface area (Å²) < 4.78 is 10.5. The Bertz CT molecular complexity index is 108. The van der Waals surface area contributed by atoms with Crippen LogP contribution in [0.3, 0.4) is 0 Å². The zero-order valence-corrected chi connectivity index (χ0v) is 7.12. The van der Waals surface area contributed by atoms with Crippen molar-refractivity contribution in [3.05, 3.63) is 0 Å². The van der Waals surface area contributed by atoms with Crippen molar-refractivity contribution in [2.45, 2.75) is 32.7 Å². The highest BCUT2D eigenvalue weighted by molar-refractivity contribution is 4.63. The Balaban J connectivity index is 2.27. The van der Waals surface area contributed by atoms with Crippen LogP contribution in [-0.2, 0) is 9.47 Å². The van der Waals surface area contributed by atoms with Crippen LogP contribution in [0.2, 0.25) is 0 Å². The summed E-state index contributed by atoms with van der Waals surface area (Å²) in [6.07, 6.45) is 0.500. The summed E-state index contributed by atoms with van der Waals surface area (Å²) in [4.78, 5) is 0. The minimum Gasteiger partial charge on any atom is -0.388 e. The molecule has 1 fully saturated rings. The average Bonchev–Trinajstić information content (AvgIpc) is 2.05. The Labute approximate surface area is 67.3 Å². The van der Waals surface area contributed by atoms with Crippen LogP contribution in [-0.4, -0.2) is 30.7 Å². The first-order valence-electron chi connectivity index (χ1n) is 4.15. The molecule has 0 aromatic carbocycles. The van der Waals surface area contributed by atoms with E-state index in [1.54, 1.807) is 0 Å². The topological polar surface area (TPSA) is 38.7 Å². The van der Waals surface area contributed by atoms with Crippen LogP contribution in [0.5, 0.6) is 0 Å². The zero-order valence-electron chi connectivity index (χ0n) is 7.12. The molecule has 1 rings (SSSR count). The Kier molecular flexibility index (Phi) is 3.30. The quantitative estimate of drug-likeness (QED) is 0.648. The molecule has 0 saturated carbocycles. The van der Waals surface area contributed by atoms with Crippen LogP contribution >= 0.6 is 0 Å². The third-order valence-corrected chi connectivity index (χ3v) is 2.01. The third-order valence-electron chi connectivity index (χ3n) is 2.01. The maximum Gasteiger partial charge on any atom is 0.160 e. The van der Waals surface area contributed by atoms with Gasteiger partial charge in [-0.05, 0) is 6.42 Å². The van der Waals surface area contributed by atoms with E-state index in [1.807, 2.05) is 0 Å². The zero-order chi connectivity index (χ0) is 8.27. The van der Waals surface area contributed by atoms with Crippen LogP contribution in [0.25, 0.3) is 0 Å². The monoisotopic (exact) mass is 160 g/mol. The van der Waals surface area contributed by atoms with Gasteiger partial charge in [-0.3, -0.25) is 0 Å². The minimum atomic E-state index is -0.435. The fourth-order valence-corrected chi connectivity index (χ4v) is 1.03. The highest BCUT2D eigenvalue weighted by atomic mass is 16.7. The number of hydrogen-bond donors (Lipinski definition) is 1. The van der Waals surface area contributed by atoms with E-state index in [2.05, 4.69) is 13.8 Å². The Morgan fingerprint density at radius 2 is 2.00 bits per heavy atom. The van der Waals surface area contributed by atoms with Gasteiger partial charge in [0, 0.05) is 5.92 Å². The highest BCUT2D eigenvalue weighted by Crippen LogP contribution is 2.16. The molecule has 1 unspecified atom stereocenters. The number of rotatable bonds is 2. The Morgan fingerprint density at radius 3 is 2.45 bits per heavy atom. The molecule has 0 amide bonds. The number of ether oxygens (including phenoxy) is 2. The fourth-order valence-electron chi connectivity index (χ4n) is 1.03. The van der Waals surface area contributed by atoms with Crippen molar-refractivity contribution >= 4 is 0 Å². The van der Waals surface area contributed by atoms with Crippen molar-refractivity contribution in [3.63, 3.8) is 0 Å². The molecule has 3 heteroatoms. The van der Waals surface area contributed by atoms with Gasteiger partial charge in [0.05, 0.1) is 13.2 Å². The molecule has 1 aliphatic heterocycles. The Hall–Kier alpha value is -0.120. The summed E-state index contributed by atoms with van der Waals surface area (Å²) in [5, 5.41) is 9.03. The normalized spacial score (nSPS) is 35.2. The van der Waals surface area contributed by atoms with Crippen molar-refractivity contribution in [1.29, 1.82) is 0 Å². The van der Waals surface area contributed by atoms with Crippen LogP contribution in [0.4, 0.5) is 0 Å². The minimum absolute atomic E-state index is 0.108. The largest absolute Gasteiger partial charge is 0.388 e. The van der Waals surface area contributed by atoms with E-state index < -0.39 is 6.10 Å². The predicted octanol–water partition coefficient (Wildman–Crippen LogP) is 0.766. The van der Waals surface area contributed by atoms with Gasteiger partial charge in [0.25, 0.3) is 0 Å². The molecular formula is C8H16O3. The maximum absolute atomic E-state index is 9.03. The van der Waals surface area contributed by atoms with E-state index in [0.717, 1.165) is 6.42 Å². The van der Waals surface area contributed by atoms with Gasteiger partial charge < -0.3 is 14.6 Å². The van der Waals surface area contributed by atoms with E-state index in [1.165, 1.54) is 0 Å². The fraction of sp³-hybridized carbons (Fsp3) is 1.00. The smallest absolute Gasteiger partial charge is 0.160 e. The summed E-state index contributed by atoms with van der Waals surface area (Å²) in [6.45, 7) is 5.01. The molecule has 1 saturated heterocycles. The number of aliphatic hydroxyl groups excluding tert-OH is 1. The maximum atomic E-state index is 9.03. The van der Waals surface area contributed by atoms with Gasteiger partial charge in [-0.25, -0.2) is 0 Å².